The summed E-state index contributed by atoms with van der Waals surface area (Å²) in [6.45, 7) is 0.505. The number of benzene rings is 1. The van der Waals surface area contributed by atoms with Crippen LogP contribution in [0.15, 0.2) is 36.7 Å². The van der Waals surface area contributed by atoms with E-state index in [1.54, 1.807) is 29.3 Å². The summed E-state index contributed by atoms with van der Waals surface area (Å²) in [4.78, 5) is 40.6. The Morgan fingerprint density at radius 2 is 2.28 bits per heavy atom. The quantitative estimate of drug-likeness (QED) is 0.502. The van der Waals surface area contributed by atoms with Gasteiger partial charge in [-0.25, -0.2) is 4.79 Å². The Bertz CT molecular complexity index is 1010. The average Bonchev–Trinajstić information content (AvgIpc) is 3.02. The van der Waals surface area contributed by atoms with E-state index in [0.29, 0.717) is 29.1 Å². The largest absolute Gasteiger partial charge is 0.497 e. The number of nitrogens with zero attached hydrogens (tertiary/aromatic N) is 2. The summed E-state index contributed by atoms with van der Waals surface area (Å²) in [5.74, 6) is 6.19. The molecule has 9 heteroatoms. The molecular formula is C20H19N5O4. The van der Waals surface area contributed by atoms with Crippen LogP contribution >= 0.6 is 0 Å². The third kappa shape index (κ3) is 4.62. The van der Waals surface area contributed by atoms with Gasteiger partial charge in [0.2, 0.25) is 6.41 Å². The minimum atomic E-state index is -0.734. The lowest BCUT2D eigenvalue weighted by atomic mass is 10.1. The average molecular weight is 393 g/mol. The number of carbonyl (C=O) groups excluding carboxylic acids is 3. The molecule has 9 nitrogen and oxygen atoms in total. The number of rotatable bonds is 5. The van der Waals surface area contributed by atoms with Crippen LogP contribution in [-0.2, 0) is 11.3 Å². The Labute approximate surface area is 167 Å². The van der Waals surface area contributed by atoms with Gasteiger partial charge in [0.25, 0.3) is 5.91 Å². The summed E-state index contributed by atoms with van der Waals surface area (Å²) in [7, 11) is 1.53. The molecule has 29 heavy (non-hydrogen) atoms. The number of nitrogens with one attached hydrogen (secondary N) is 2. The Hall–Kier alpha value is -4.06. The highest BCUT2D eigenvalue weighted by Gasteiger charge is 2.29. The van der Waals surface area contributed by atoms with E-state index in [4.69, 9.17) is 10.5 Å². The number of aromatic nitrogens is 1. The van der Waals surface area contributed by atoms with Crippen LogP contribution in [0.5, 0.6) is 5.75 Å². The van der Waals surface area contributed by atoms with Crippen molar-refractivity contribution in [1.82, 2.24) is 20.5 Å². The monoisotopic (exact) mass is 393 g/mol. The lowest BCUT2D eigenvalue weighted by Gasteiger charge is -2.21. The molecule has 0 spiro atoms. The van der Waals surface area contributed by atoms with Crippen molar-refractivity contribution in [2.75, 3.05) is 19.4 Å². The topological polar surface area (TPSA) is 127 Å². The number of hydrogen-bond donors (Lipinski definition) is 3. The standard InChI is InChI=1S/C20H19N5O4/c1-29-16-5-3-14-10-25(19(27)17(14)8-16)11-15(24-20(28)23-12-26)4-2-13-6-7-22-9-18(13)21/h3,5-9,12,15H,10-11,21H2,1H3,(H2,23,24,26,28)/t15-/m1/s1. The zero-order valence-electron chi connectivity index (χ0n) is 15.6. The minimum absolute atomic E-state index is 0.125. The maximum Gasteiger partial charge on any atom is 0.322 e. The summed E-state index contributed by atoms with van der Waals surface area (Å²) >= 11 is 0. The van der Waals surface area contributed by atoms with E-state index in [0.717, 1.165) is 5.56 Å². The molecule has 3 rings (SSSR count). The van der Waals surface area contributed by atoms with Gasteiger partial charge in [-0.05, 0) is 23.8 Å². The molecule has 148 valence electrons. The first-order chi connectivity index (χ1) is 14.0. The number of hydrogen-bond acceptors (Lipinski definition) is 6. The Morgan fingerprint density at radius 1 is 1.45 bits per heavy atom. The molecule has 0 aliphatic carbocycles. The van der Waals surface area contributed by atoms with Crippen molar-refractivity contribution in [3.63, 3.8) is 0 Å². The molecule has 1 aromatic heterocycles. The number of amides is 4. The highest BCUT2D eigenvalue weighted by molar-refractivity contribution is 5.98. The van der Waals surface area contributed by atoms with Crippen LogP contribution in [-0.4, -0.2) is 47.9 Å². The van der Waals surface area contributed by atoms with Crippen LogP contribution in [0.4, 0.5) is 10.5 Å². The Morgan fingerprint density at radius 3 is 3.00 bits per heavy atom. The number of urea groups is 1. The van der Waals surface area contributed by atoms with Crippen LogP contribution in [0.2, 0.25) is 0 Å². The molecule has 1 atom stereocenters. The molecule has 2 heterocycles. The molecule has 0 saturated heterocycles. The third-order valence-corrected chi connectivity index (χ3v) is 4.33. The van der Waals surface area contributed by atoms with Crippen molar-refractivity contribution in [2.45, 2.75) is 12.6 Å². The van der Waals surface area contributed by atoms with E-state index in [1.165, 1.54) is 13.3 Å². The number of fused-ring (bicyclic) bond motifs is 1. The normalized spacial score (nSPS) is 13.0. The Kier molecular flexibility index (Phi) is 5.94. The number of nitrogens with two attached hydrogens (primary N) is 1. The van der Waals surface area contributed by atoms with Crippen molar-refractivity contribution in [1.29, 1.82) is 0 Å². The number of pyridine rings is 1. The van der Waals surface area contributed by atoms with Crippen molar-refractivity contribution >= 4 is 24.0 Å². The lowest BCUT2D eigenvalue weighted by molar-refractivity contribution is -0.108. The molecule has 0 bridgehead atoms. The fourth-order valence-electron chi connectivity index (χ4n) is 2.90. The van der Waals surface area contributed by atoms with Gasteiger partial charge in [0.15, 0.2) is 0 Å². The van der Waals surface area contributed by atoms with Crippen molar-refractivity contribution < 1.29 is 19.1 Å². The van der Waals surface area contributed by atoms with Gasteiger partial charge in [0.05, 0.1) is 31.1 Å². The van der Waals surface area contributed by atoms with E-state index >= 15 is 0 Å². The van der Waals surface area contributed by atoms with E-state index in [-0.39, 0.29) is 18.9 Å². The number of methoxy groups -OCH3 is 1. The smallest absolute Gasteiger partial charge is 0.322 e. The van der Waals surface area contributed by atoms with Gasteiger partial charge >= 0.3 is 6.03 Å². The van der Waals surface area contributed by atoms with Crippen molar-refractivity contribution in [3.8, 4) is 17.6 Å². The van der Waals surface area contributed by atoms with Crippen LogP contribution in [0, 0.1) is 11.8 Å². The zero-order chi connectivity index (χ0) is 20.8. The summed E-state index contributed by atoms with van der Waals surface area (Å²) in [6, 6.07) is 5.50. The molecule has 0 radical (unpaired) electrons. The van der Waals surface area contributed by atoms with Crippen LogP contribution < -0.4 is 21.1 Å². The van der Waals surface area contributed by atoms with Gasteiger partial charge in [-0.2, -0.15) is 0 Å². The predicted molar refractivity (Wildman–Crippen MR) is 105 cm³/mol. The summed E-state index contributed by atoms with van der Waals surface area (Å²) in [5, 5.41) is 4.58. The second-order valence-corrected chi connectivity index (χ2v) is 6.23. The maximum absolute atomic E-state index is 12.7. The molecule has 1 aromatic carbocycles. The highest BCUT2D eigenvalue weighted by Crippen LogP contribution is 2.26. The van der Waals surface area contributed by atoms with E-state index in [2.05, 4.69) is 22.1 Å². The SMILES string of the molecule is COc1ccc2c(c1)C(=O)N(C[C@@H](C#Cc1ccncc1N)NC(=O)NC=O)C2. The molecule has 0 saturated carbocycles. The minimum Gasteiger partial charge on any atom is -0.497 e. The van der Waals surface area contributed by atoms with Gasteiger partial charge in [0, 0.05) is 18.3 Å². The van der Waals surface area contributed by atoms with Gasteiger partial charge in [-0.3, -0.25) is 19.9 Å². The number of nitrogen functional groups attached to an aromatic ring is 1. The second kappa shape index (κ2) is 8.75. The van der Waals surface area contributed by atoms with Crippen molar-refractivity contribution in [3.05, 3.63) is 53.3 Å². The molecule has 4 N–H and O–H groups in total. The fraction of sp³-hybridized carbons (Fsp3) is 0.200. The molecule has 2 aromatic rings. The van der Waals surface area contributed by atoms with Gasteiger partial charge in [-0.1, -0.05) is 17.9 Å². The summed E-state index contributed by atoms with van der Waals surface area (Å²) < 4.78 is 5.17. The van der Waals surface area contributed by atoms with Crippen LogP contribution in [0.1, 0.15) is 21.5 Å². The maximum atomic E-state index is 12.7. The third-order valence-electron chi connectivity index (χ3n) is 4.33. The fourth-order valence-corrected chi connectivity index (χ4v) is 2.90. The molecule has 0 unspecified atom stereocenters. The summed E-state index contributed by atoms with van der Waals surface area (Å²) in [6.07, 6.45) is 3.29. The van der Waals surface area contributed by atoms with Crippen LogP contribution in [0.25, 0.3) is 0 Å². The Balaban J connectivity index is 1.80. The van der Waals surface area contributed by atoms with E-state index in [1.807, 2.05) is 11.4 Å². The first kappa shape index (κ1) is 19.7. The van der Waals surface area contributed by atoms with Crippen LogP contribution in [0.3, 0.4) is 0 Å². The highest BCUT2D eigenvalue weighted by atomic mass is 16.5. The van der Waals surface area contributed by atoms with Gasteiger partial charge < -0.3 is 20.7 Å². The van der Waals surface area contributed by atoms with E-state index in [9.17, 15) is 14.4 Å². The summed E-state index contributed by atoms with van der Waals surface area (Å²) in [5.41, 5.74) is 8.19. The first-order valence-electron chi connectivity index (χ1n) is 8.69. The predicted octanol–water partition coefficient (Wildman–Crippen LogP) is 0.504. The zero-order valence-corrected chi connectivity index (χ0v) is 15.6. The molecule has 1 aliphatic heterocycles. The number of ether oxygens (including phenoxy) is 1. The molecule has 0 fully saturated rings. The number of anilines is 1. The van der Waals surface area contributed by atoms with E-state index < -0.39 is 12.1 Å². The van der Waals surface area contributed by atoms with Gasteiger partial charge in [-0.15, -0.1) is 0 Å². The van der Waals surface area contributed by atoms with Crippen molar-refractivity contribution in [2.24, 2.45) is 0 Å². The number of carbonyl (C=O) groups is 3. The number of imide groups is 1. The van der Waals surface area contributed by atoms with Gasteiger partial charge in [0.1, 0.15) is 11.8 Å². The molecule has 4 amide bonds. The lowest BCUT2D eigenvalue weighted by Crippen LogP contribution is -2.46. The first-order valence-corrected chi connectivity index (χ1v) is 8.69. The second-order valence-electron chi connectivity index (χ2n) is 6.23. The molecule has 1 aliphatic rings. The molecular weight excluding hydrogens is 374 g/mol.